The van der Waals surface area contributed by atoms with Gasteiger partial charge in [-0.3, -0.25) is 4.90 Å². The van der Waals surface area contributed by atoms with E-state index in [0.717, 1.165) is 32.7 Å². The molecule has 0 amide bonds. The zero-order valence-electron chi connectivity index (χ0n) is 10.3. The van der Waals surface area contributed by atoms with Gasteiger partial charge in [-0.25, -0.2) is 0 Å². The van der Waals surface area contributed by atoms with Gasteiger partial charge < -0.3 is 14.6 Å². The normalized spacial score (nSPS) is 36.2. The number of rotatable bonds is 2. The molecule has 2 unspecified atom stereocenters. The Morgan fingerprint density at radius 2 is 2.19 bits per heavy atom. The molecule has 0 aromatic rings. The van der Waals surface area contributed by atoms with Crippen LogP contribution >= 0.6 is 0 Å². The maximum absolute atomic E-state index is 9.89. The first-order valence-corrected chi connectivity index (χ1v) is 6.19. The maximum Gasteiger partial charge on any atom is 0.0753 e. The Hall–Kier alpha value is -0.160. The quantitative estimate of drug-likeness (QED) is 0.748. The van der Waals surface area contributed by atoms with Crippen LogP contribution in [0.15, 0.2) is 0 Å². The molecule has 16 heavy (non-hydrogen) atoms. The Kier molecular flexibility index (Phi) is 3.85. The van der Waals surface area contributed by atoms with Crippen molar-refractivity contribution in [1.29, 1.82) is 0 Å². The van der Waals surface area contributed by atoms with Crippen molar-refractivity contribution in [2.24, 2.45) is 5.92 Å². The second-order valence-corrected chi connectivity index (χ2v) is 5.53. The van der Waals surface area contributed by atoms with E-state index in [4.69, 9.17) is 9.47 Å². The van der Waals surface area contributed by atoms with Gasteiger partial charge in [0.25, 0.3) is 0 Å². The van der Waals surface area contributed by atoms with Crippen molar-refractivity contribution in [3.63, 3.8) is 0 Å². The minimum absolute atomic E-state index is 0.0568. The Bertz CT molecular complexity index is 232. The van der Waals surface area contributed by atoms with Crippen molar-refractivity contribution in [3.05, 3.63) is 0 Å². The summed E-state index contributed by atoms with van der Waals surface area (Å²) in [5.74, 6) is 0.266. The van der Waals surface area contributed by atoms with Crippen LogP contribution in [-0.4, -0.2) is 61.2 Å². The van der Waals surface area contributed by atoms with E-state index in [9.17, 15) is 5.11 Å². The Balaban J connectivity index is 1.84. The van der Waals surface area contributed by atoms with Crippen LogP contribution in [0.5, 0.6) is 0 Å². The molecule has 2 rings (SSSR count). The lowest BCUT2D eigenvalue weighted by Gasteiger charge is -2.41. The lowest BCUT2D eigenvalue weighted by atomic mass is 9.97. The summed E-state index contributed by atoms with van der Waals surface area (Å²) < 4.78 is 11.1. The average Bonchev–Trinajstić information content (AvgIpc) is 2.20. The smallest absolute Gasteiger partial charge is 0.0753 e. The zero-order chi connectivity index (χ0) is 11.6. The van der Waals surface area contributed by atoms with Gasteiger partial charge >= 0.3 is 0 Å². The van der Waals surface area contributed by atoms with Gasteiger partial charge in [-0.2, -0.15) is 0 Å². The fourth-order valence-electron chi connectivity index (χ4n) is 2.56. The molecule has 1 N–H and O–H groups in total. The molecule has 0 bridgehead atoms. The highest BCUT2D eigenvalue weighted by atomic mass is 16.5. The van der Waals surface area contributed by atoms with E-state index in [1.807, 2.05) is 0 Å². The number of aliphatic hydroxyl groups is 1. The number of aliphatic hydroxyl groups excluding tert-OH is 1. The lowest BCUT2D eigenvalue weighted by molar-refractivity contribution is -0.105. The van der Waals surface area contributed by atoms with Crippen molar-refractivity contribution in [1.82, 2.24) is 4.90 Å². The van der Waals surface area contributed by atoms with E-state index >= 15 is 0 Å². The fourth-order valence-corrected chi connectivity index (χ4v) is 2.56. The molecule has 0 aliphatic carbocycles. The predicted molar refractivity (Wildman–Crippen MR) is 61.4 cm³/mol. The van der Waals surface area contributed by atoms with Crippen LogP contribution in [0.4, 0.5) is 0 Å². The van der Waals surface area contributed by atoms with Crippen molar-refractivity contribution in [2.75, 3.05) is 39.5 Å². The van der Waals surface area contributed by atoms with Crippen LogP contribution in [-0.2, 0) is 9.47 Å². The van der Waals surface area contributed by atoms with Crippen molar-refractivity contribution in [3.8, 4) is 0 Å². The summed E-state index contributed by atoms with van der Waals surface area (Å²) in [6.45, 7) is 9.25. The van der Waals surface area contributed by atoms with E-state index in [-0.39, 0.29) is 17.6 Å². The summed E-state index contributed by atoms with van der Waals surface area (Å²) >= 11 is 0. The lowest BCUT2D eigenvalue weighted by Crippen LogP contribution is -2.51. The second kappa shape index (κ2) is 5.00. The highest BCUT2D eigenvalue weighted by molar-refractivity contribution is 4.83. The fraction of sp³-hybridized carbons (Fsp3) is 1.00. The van der Waals surface area contributed by atoms with E-state index < -0.39 is 0 Å². The largest absolute Gasteiger partial charge is 0.393 e. The first kappa shape index (κ1) is 12.3. The molecule has 0 aromatic heterocycles. The highest BCUT2D eigenvalue weighted by Crippen LogP contribution is 2.21. The molecule has 2 aliphatic rings. The van der Waals surface area contributed by atoms with Gasteiger partial charge in [0.15, 0.2) is 0 Å². The molecule has 2 fully saturated rings. The Morgan fingerprint density at radius 1 is 1.38 bits per heavy atom. The highest BCUT2D eigenvalue weighted by Gasteiger charge is 2.31. The van der Waals surface area contributed by atoms with Crippen LogP contribution in [0, 0.1) is 5.92 Å². The van der Waals surface area contributed by atoms with E-state index in [2.05, 4.69) is 18.7 Å². The summed E-state index contributed by atoms with van der Waals surface area (Å²) in [6.07, 6.45) is 0.581. The van der Waals surface area contributed by atoms with Gasteiger partial charge in [-0.15, -0.1) is 0 Å². The third-order valence-corrected chi connectivity index (χ3v) is 3.43. The van der Waals surface area contributed by atoms with Crippen LogP contribution in [0.3, 0.4) is 0 Å². The summed E-state index contributed by atoms with van der Waals surface area (Å²) in [5, 5.41) is 9.89. The van der Waals surface area contributed by atoms with Crippen molar-refractivity contribution >= 4 is 0 Å². The molecule has 2 aliphatic heterocycles. The van der Waals surface area contributed by atoms with Crippen LogP contribution in [0.2, 0.25) is 0 Å². The molecular weight excluding hydrogens is 206 g/mol. The third-order valence-electron chi connectivity index (χ3n) is 3.43. The first-order valence-electron chi connectivity index (χ1n) is 6.19. The third kappa shape index (κ3) is 3.17. The minimum atomic E-state index is -0.195. The molecule has 94 valence electrons. The second-order valence-electron chi connectivity index (χ2n) is 5.53. The summed E-state index contributed by atoms with van der Waals surface area (Å²) in [5.41, 5.74) is -0.0568. The predicted octanol–water partition coefficient (Wildman–Crippen LogP) is 0.495. The standard InChI is InChI=1S/C12H23NO3/c1-12(2)9-13(4-6-16-12)7-10-8-15-5-3-11(10)14/h10-11,14H,3-9H2,1-2H3. The molecular formula is C12H23NO3. The topological polar surface area (TPSA) is 41.9 Å². The average molecular weight is 229 g/mol. The number of morpholine rings is 1. The van der Waals surface area contributed by atoms with Crippen LogP contribution < -0.4 is 0 Å². The molecule has 0 radical (unpaired) electrons. The number of nitrogens with zero attached hydrogens (tertiary/aromatic N) is 1. The molecule has 4 heteroatoms. The van der Waals surface area contributed by atoms with Gasteiger partial charge in [0.05, 0.1) is 24.9 Å². The van der Waals surface area contributed by atoms with Crippen LogP contribution in [0.1, 0.15) is 20.3 Å². The van der Waals surface area contributed by atoms with E-state index in [0.29, 0.717) is 13.2 Å². The Morgan fingerprint density at radius 3 is 2.88 bits per heavy atom. The molecule has 4 nitrogen and oxygen atoms in total. The first-order chi connectivity index (χ1) is 7.57. The van der Waals surface area contributed by atoms with E-state index in [1.54, 1.807) is 0 Å². The number of hydrogen-bond acceptors (Lipinski definition) is 4. The minimum Gasteiger partial charge on any atom is -0.393 e. The molecule has 2 atom stereocenters. The molecule has 2 heterocycles. The van der Waals surface area contributed by atoms with Gasteiger partial charge in [0.1, 0.15) is 0 Å². The van der Waals surface area contributed by atoms with Gasteiger partial charge in [-0.1, -0.05) is 0 Å². The van der Waals surface area contributed by atoms with Gasteiger partial charge in [0.2, 0.25) is 0 Å². The van der Waals surface area contributed by atoms with E-state index in [1.165, 1.54) is 0 Å². The monoisotopic (exact) mass is 229 g/mol. The Labute approximate surface area is 97.5 Å². The summed E-state index contributed by atoms with van der Waals surface area (Å²) in [6, 6.07) is 0. The maximum atomic E-state index is 9.89. The van der Waals surface area contributed by atoms with Crippen LogP contribution in [0.25, 0.3) is 0 Å². The number of hydrogen-bond donors (Lipinski definition) is 1. The summed E-state index contributed by atoms with van der Waals surface area (Å²) in [4.78, 5) is 2.38. The molecule has 0 aromatic carbocycles. The zero-order valence-corrected chi connectivity index (χ0v) is 10.3. The SMILES string of the molecule is CC1(C)CN(CC2COCCC2O)CCO1. The molecule has 0 saturated carbocycles. The molecule has 2 saturated heterocycles. The van der Waals surface area contributed by atoms with Crippen molar-refractivity contribution in [2.45, 2.75) is 32.0 Å². The van der Waals surface area contributed by atoms with Gasteiger partial charge in [0, 0.05) is 32.2 Å². The molecule has 0 spiro atoms. The van der Waals surface area contributed by atoms with Crippen molar-refractivity contribution < 1.29 is 14.6 Å². The number of ether oxygens (including phenoxy) is 2. The van der Waals surface area contributed by atoms with Gasteiger partial charge in [-0.05, 0) is 20.3 Å². The summed E-state index contributed by atoms with van der Waals surface area (Å²) in [7, 11) is 0.